The van der Waals surface area contributed by atoms with Gasteiger partial charge in [0.1, 0.15) is 25.4 Å². The number of hydrogen-bond donors (Lipinski definition) is 1. The number of para-hydroxylation sites is 1. The number of aliphatic hydroxyl groups excluding tert-OH is 1. The summed E-state index contributed by atoms with van der Waals surface area (Å²) in [6.45, 7) is 0.0702. The number of benzene rings is 1. The highest BCUT2D eigenvalue weighted by molar-refractivity contribution is 7.92. The molecule has 0 amide bonds. The van der Waals surface area contributed by atoms with Gasteiger partial charge in [-0.3, -0.25) is 0 Å². The molecule has 1 aromatic carbocycles. The van der Waals surface area contributed by atoms with Gasteiger partial charge in [0.05, 0.1) is 11.9 Å². The molecule has 21 heavy (non-hydrogen) atoms. The van der Waals surface area contributed by atoms with Crippen molar-refractivity contribution in [2.75, 3.05) is 24.4 Å². The van der Waals surface area contributed by atoms with Crippen LogP contribution in [0.15, 0.2) is 29.4 Å². The van der Waals surface area contributed by atoms with Crippen LogP contribution in [0.5, 0.6) is 0 Å². The summed E-state index contributed by atoms with van der Waals surface area (Å²) in [5.74, 6) is -0.157. The monoisotopic (exact) mass is 311 g/mol. The first-order chi connectivity index (χ1) is 10.1. The Balaban J connectivity index is 1.84. The SMILES string of the molecule is C[S+]([O-])C(CO)(C1CC1)N1CN(c2ccccc2F)C=N1. The lowest BCUT2D eigenvalue weighted by molar-refractivity contribution is 0.0861. The van der Waals surface area contributed by atoms with Crippen molar-refractivity contribution in [3.63, 3.8) is 0 Å². The normalized spacial score (nSPS) is 22.5. The molecule has 5 nitrogen and oxygen atoms in total. The van der Waals surface area contributed by atoms with E-state index in [1.807, 2.05) is 0 Å². The Bertz CT molecular complexity index is 549. The molecule has 1 saturated carbocycles. The minimum atomic E-state index is -1.25. The van der Waals surface area contributed by atoms with Crippen molar-refractivity contribution >= 4 is 23.2 Å². The number of aliphatic hydroxyl groups is 1. The fraction of sp³-hybridized carbons (Fsp3) is 0.500. The van der Waals surface area contributed by atoms with E-state index in [1.54, 1.807) is 34.4 Å². The lowest BCUT2D eigenvalue weighted by atomic mass is 10.2. The summed E-state index contributed by atoms with van der Waals surface area (Å²) in [6, 6.07) is 6.45. The topological polar surface area (TPSA) is 62.1 Å². The van der Waals surface area contributed by atoms with Gasteiger partial charge < -0.3 is 14.6 Å². The van der Waals surface area contributed by atoms with Crippen molar-refractivity contribution in [2.24, 2.45) is 11.0 Å². The van der Waals surface area contributed by atoms with Crippen molar-refractivity contribution in [1.82, 2.24) is 5.01 Å². The van der Waals surface area contributed by atoms with Crippen LogP contribution in [0.3, 0.4) is 0 Å². The predicted molar refractivity (Wildman–Crippen MR) is 80.7 cm³/mol. The molecule has 0 bridgehead atoms. The van der Waals surface area contributed by atoms with E-state index in [1.165, 1.54) is 12.4 Å². The van der Waals surface area contributed by atoms with Gasteiger partial charge in [0, 0.05) is 5.92 Å². The predicted octanol–water partition coefficient (Wildman–Crippen LogP) is 1.33. The fourth-order valence-corrected chi connectivity index (χ4v) is 4.10. The molecule has 2 aliphatic rings. The zero-order valence-electron chi connectivity index (χ0n) is 11.8. The van der Waals surface area contributed by atoms with Gasteiger partial charge in [0.25, 0.3) is 0 Å². The first-order valence-electron chi connectivity index (χ1n) is 6.87. The number of nitrogens with zero attached hydrogens (tertiary/aromatic N) is 3. The number of rotatable bonds is 5. The van der Waals surface area contributed by atoms with Crippen LogP contribution in [-0.2, 0) is 11.2 Å². The van der Waals surface area contributed by atoms with Gasteiger partial charge in [-0.05, 0) is 36.2 Å². The Kier molecular flexibility index (Phi) is 3.81. The van der Waals surface area contributed by atoms with Crippen molar-refractivity contribution in [3.05, 3.63) is 30.1 Å². The molecule has 1 aliphatic heterocycles. The molecule has 1 heterocycles. The summed E-state index contributed by atoms with van der Waals surface area (Å²) in [5, 5.41) is 15.7. The van der Waals surface area contributed by atoms with Gasteiger partial charge in [-0.2, -0.15) is 5.10 Å². The average Bonchev–Trinajstić information content (AvgIpc) is 3.19. The number of hydrogen-bond acceptors (Lipinski definition) is 5. The molecule has 114 valence electrons. The quantitative estimate of drug-likeness (QED) is 0.833. The first-order valence-corrected chi connectivity index (χ1v) is 8.42. The Morgan fingerprint density at radius 3 is 2.76 bits per heavy atom. The summed E-state index contributed by atoms with van der Waals surface area (Å²) < 4.78 is 26.1. The van der Waals surface area contributed by atoms with E-state index in [0.29, 0.717) is 5.69 Å². The summed E-state index contributed by atoms with van der Waals surface area (Å²) in [5.41, 5.74) is 0.424. The molecule has 2 atom stereocenters. The summed E-state index contributed by atoms with van der Waals surface area (Å²) in [6.07, 6.45) is 4.99. The molecule has 1 fully saturated rings. The third kappa shape index (κ3) is 2.39. The van der Waals surface area contributed by atoms with Gasteiger partial charge in [-0.25, -0.2) is 9.40 Å². The van der Waals surface area contributed by atoms with Gasteiger partial charge in [-0.15, -0.1) is 0 Å². The van der Waals surface area contributed by atoms with Crippen molar-refractivity contribution in [3.8, 4) is 0 Å². The molecular formula is C14H18FN3O2S. The van der Waals surface area contributed by atoms with Crippen molar-refractivity contribution in [1.29, 1.82) is 0 Å². The molecule has 0 aromatic heterocycles. The van der Waals surface area contributed by atoms with E-state index in [4.69, 9.17) is 0 Å². The maximum atomic E-state index is 13.8. The lowest BCUT2D eigenvalue weighted by Gasteiger charge is -2.38. The van der Waals surface area contributed by atoms with Crippen LogP contribution < -0.4 is 4.90 Å². The fourth-order valence-electron chi connectivity index (χ4n) is 2.81. The molecule has 0 saturated heterocycles. The summed E-state index contributed by atoms with van der Waals surface area (Å²) >= 11 is -1.25. The zero-order chi connectivity index (χ0) is 15.0. The highest BCUT2D eigenvalue weighted by Crippen LogP contribution is 2.47. The van der Waals surface area contributed by atoms with E-state index in [2.05, 4.69) is 5.10 Å². The third-order valence-corrected chi connectivity index (χ3v) is 5.82. The minimum Gasteiger partial charge on any atom is -0.615 e. The molecule has 0 radical (unpaired) electrons. The maximum absolute atomic E-state index is 13.8. The second-order valence-corrected chi connectivity index (χ2v) is 7.04. The van der Waals surface area contributed by atoms with Gasteiger partial charge >= 0.3 is 0 Å². The van der Waals surface area contributed by atoms with Crippen LogP contribution in [-0.4, -0.2) is 45.4 Å². The maximum Gasteiger partial charge on any atom is 0.240 e. The lowest BCUT2D eigenvalue weighted by Crippen LogP contribution is -2.57. The molecule has 1 aliphatic carbocycles. The molecule has 3 rings (SSSR count). The number of anilines is 1. The molecule has 1 aromatic rings. The average molecular weight is 311 g/mol. The van der Waals surface area contributed by atoms with Crippen LogP contribution in [0.25, 0.3) is 0 Å². The van der Waals surface area contributed by atoms with Crippen LogP contribution in [0.1, 0.15) is 12.8 Å². The number of hydrazone groups is 1. The summed E-state index contributed by atoms with van der Waals surface area (Å²) in [7, 11) is 0. The highest BCUT2D eigenvalue weighted by Gasteiger charge is 2.58. The van der Waals surface area contributed by atoms with E-state index in [-0.39, 0.29) is 25.0 Å². The van der Waals surface area contributed by atoms with E-state index >= 15 is 0 Å². The van der Waals surface area contributed by atoms with Crippen LogP contribution in [0, 0.1) is 11.7 Å². The first kappa shape index (κ1) is 14.6. The van der Waals surface area contributed by atoms with Gasteiger partial charge in [0.15, 0.2) is 0 Å². The molecule has 7 heteroatoms. The van der Waals surface area contributed by atoms with Crippen LogP contribution in [0.2, 0.25) is 0 Å². The zero-order valence-corrected chi connectivity index (χ0v) is 12.6. The third-order valence-electron chi connectivity index (χ3n) is 4.16. The highest BCUT2D eigenvalue weighted by atomic mass is 32.2. The molecule has 0 spiro atoms. The van der Waals surface area contributed by atoms with E-state index in [0.717, 1.165) is 12.8 Å². The smallest absolute Gasteiger partial charge is 0.240 e. The second kappa shape index (κ2) is 5.47. The van der Waals surface area contributed by atoms with Gasteiger partial charge in [-0.1, -0.05) is 12.1 Å². The standard InChI is InChI=1S/C14H18FN3O2S/c1-21(20)14(8-19,11-6-7-11)18-10-17(9-16-18)13-5-3-2-4-12(13)15/h2-5,9,11,19H,6-8,10H2,1H3. The van der Waals surface area contributed by atoms with Crippen molar-refractivity contribution < 1.29 is 14.0 Å². The summed E-state index contributed by atoms with van der Waals surface area (Å²) in [4.78, 5) is 0.797. The minimum absolute atomic E-state index is 0.172. The van der Waals surface area contributed by atoms with E-state index < -0.39 is 16.0 Å². The van der Waals surface area contributed by atoms with E-state index in [9.17, 15) is 14.0 Å². The Labute approximate surface area is 126 Å². The van der Waals surface area contributed by atoms with Gasteiger partial charge in [0.2, 0.25) is 4.87 Å². The number of halogens is 1. The Morgan fingerprint density at radius 1 is 1.48 bits per heavy atom. The Hall–Kier alpha value is -1.31. The second-order valence-electron chi connectivity index (χ2n) is 5.42. The van der Waals surface area contributed by atoms with Crippen molar-refractivity contribution in [2.45, 2.75) is 17.7 Å². The molecule has 2 unspecified atom stereocenters. The largest absolute Gasteiger partial charge is 0.615 e. The molecular weight excluding hydrogens is 293 g/mol. The Morgan fingerprint density at radius 2 is 2.19 bits per heavy atom. The van der Waals surface area contributed by atoms with Crippen LogP contribution in [0.4, 0.5) is 10.1 Å². The van der Waals surface area contributed by atoms with Crippen LogP contribution >= 0.6 is 0 Å². The molecule has 1 N–H and O–H groups in total.